The largest absolute Gasteiger partial charge is 0.493 e. The van der Waals surface area contributed by atoms with E-state index in [4.69, 9.17) is 24.1 Å². The van der Waals surface area contributed by atoms with Crippen LogP contribution in [0.1, 0.15) is 36.9 Å². The number of aliphatic carboxylic acids is 1. The van der Waals surface area contributed by atoms with Crippen LogP contribution in [0.3, 0.4) is 0 Å². The summed E-state index contributed by atoms with van der Waals surface area (Å²) in [6.07, 6.45) is -0.0540. The number of halogens is 5. The molecule has 0 spiro atoms. The van der Waals surface area contributed by atoms with E-state index in [9.17, 15) is 26.7 Å². The van der Waals surface area contributed by atoms with Gasteiger partial charge >= 0.3 is 18.2 Å². The molecule has 17 heteroatoms. The Morgan fingerprint density at radius 1 is 1.02 bits per heavy atom. The number of carbonyl (C=O) groups is 2. The van der Waals surface area contributed by atoms with Gasteiger partial charge in [0.05, 0.1) is 39.3 Å². The van der Waals surface area contributed by atoms with Gasteiger partial charge < -0.3 is 30.0 Å². The highest BCUT2D eigenvalue weighted by atomic mass is 19.4. The Bertz CT molecular complexity index is 1570. The highest BCUT2D eigenvalue weighted by Crippen LogP contribution is 2.50. The van der Waals surface area contributed by atoms with E-state index in [-0.39, 0.29) is 23.2 Å². The number of amides is 2. The maximum atomic E-state index is 13.6. The van der Waals surface area contributed by atoms with Crippen molar-refractivity contribution in [2.75, 3.05) is 39.7 Å². The van der Waals surface area contributed by atoms with Gasteiger partial charge in [-0.2, -0.15) is 13.2 Å². The van der Waals surface area contributed by atoms with Gasteiger partial charge in [-0.1, -0.05) is 11.3 Å². The minimum atomic E-state index is -5.08. The number of methoxy groups -OCH3 is 3. The van der Waals surface area contributed by atoms with Crippen molar-refractivity contribution in [1.29, 1.82) is 0 Å². The Morgan fingerprint density at radius 2 is 1.75 bits per heavy atom. The predicted octanol–water partition coefficient (Wildman–Crippen LogP) is 4.74. The fourth-order valence-corrected chi connectivity index (χ4v) is 6.40. The molecule has 12 nitrogen and oxygen atoms in total. The molecular formula is C31H37F5N6O6. The maximum Gasteiger partial charge on any atom is 0.490 e. The lowest BCUT2D eigenvalue weighted by Gasteiger charge is -2.45. The Labute approximate surface area is 273 Å². The van der Waals surface area contributed by atoms with Gasteiger partial charge in [0, 0.05) is 42.9 Å². The third-order valence-corrected chi connectivity index (χ3v) is 8.67. The number of aromatic nitrogens is 3. The zero-order valence-corrected chi connectivity index (χ0v) is 26.5. The zero-order valence-electron chi connectivity index (χ0n) is 26.5. The molecule has 3 atom stereocenters. The van der Waals surface area contributed by atoms with Crippen LogP contribution in [0.25, 0.3) is 0 Å². The molecule has 1 saturated heterocycles. The summed E-state index contributed by atoms with van der Waals surface area (Å²) in [4.78, 5) is 24.2. The molecule has 2 amide bonds. The Balaban J connectivity index is 0.000000671. The number of benzene rings is 2. The van der Waals surface area contributed by atoms with E-state index in [2.05, 4.69) is 38.0 Å². The number of nitrogens with zero attached hydrogens (tertiary/aromatic N) is 4. The second-order valence-corrected chi connectivity index (χ2v) is 11.4. The number of fused-ring (bicyclic) bond motifs is 1. The lowest BCUT2D eigenvalue weighted by atomic mass is 9.65. The Morgan fingerprint density at radius 3 is 2.40 bits per heavy atom. The number of hydrogen-bond acceptors (Lipinski definition) is 8. The molecule has 48 heavy (non-hydrogen) atoms. The zero-order chi connectivity index (χ0) is 35.1. The Hall–Kier alpha value is -4.51. The molecular weight excluding hydrogens is 647 g/mol. The van der Waals surface area contributed by atoms with Crippen LogP contribution in [0.15, 0.2) is 42.6 Å². The summed E-state index contributed by atoms with van der Waals surface area (Å²) in [5.74, 6) is -3.36. The smallest absolute Gasteiger partial charge is 0.490 e. The van der Waals surface area contributed by atoms with Crippen molar-refractivity contribution in [3.63, 3.8) is 0 Å². The molecule has 0 radical (unpaired) electrons. The first kappa shape index (κ1) is 36.3. The molecule has 262 valence electrons. The average molecular weight is 685 g/mol. The molecule has 3 N–H and O–H groups in total. The van der Waals surface area contributed by atoms with Crippen molar-refractivity contribution in [2.45, 2.75) is 62.5 Å². The summed E-state index contributed by atoms with van der Waals surface area (Å²) in [7, 11) is 4.91. The number of rotatable bonds is 10. The van der Waals surface area contributed by atoms with Crippen LogP contribution in [-0.4, -0.2) is 89.7 Å². The minimum absolute atomic E-state index is 0.102. The molecule has 0 unspecified atom stereocenters. The SMILES string of the molecule is COCc1cnnn1CCN1CC[C@]2(c3ccc(OC)c(OC)c3)CC[C@@H](NC(=O)Nc3ccc(F)c(F)c3)C[C@H]12.O=C(O)C(F)(F)F. The molecule has 2 aliphatic rings. The van der Waals surface area contributed by atoms with E-state index in [0.29, 0.717) is 24.7 Å². The second kappa shape index (κ2) is 15.6. The molecule has 1 saturated carbocycles. The number of nitrogens with one attached hydrogen (secondary N) is 2. The van der Waals surface area contributed by atoms with Crippen LogP contribution >= 0.6 is 0 Å². The predicted molar refractivity (Wildman–Crippen MR) is 162 cm³/mol. The van der Waals surface area contributed by atoms with Gasteiger partial charge in [-0.05, 0) is 62.1 Å². The van der Waals surface area contributed by atoms with Crippen molar-refractivity contribution in [3.8, 4) is 11.5 Å². The quantitative estimate of drug-likeness (QED) is 0.259. The second-order valence-electron chi connectivity index (χ2n) is 11.4. The summed E-state index contributed by atoms with van der Waals surface area (Å²) in [6, 6.07) is 9.03. The average Bonchev–Trinajstić information content (AvgIpc) is 3.65. The summed E-state index contributed by atoms with van der Waals surface area (Å²) in [5.41, 5.74) is 2.16. The van der Waals surface area contributed by atoms with Crippen LogP contribution in [0.2, 0.25) is 0 Å². The van der Waals surface area contributed by atoms with Crippen molar-refractivity contribution in [2.24, 2.45) is 0 Å². The molecule has 2 aromatic carbocycles. The van der Waals surface area contributed by atoms with E-state index < -0.39 is 29.8 Å². The van der Waals surface area contributed by atoms with Crippen LogP contribution in [0, 0.1) is 11.6 Å². The van der Waals surface area contributed by atoms with Crippen LogP contribution in [0.5, 0.6) is 11.5 Å². The van der Waals surface area contributed by atoms with Gasteiger partial charge in [0.1, 0.15) is 0 Å². The van der Waals surface area contributed by atoms with Gasteiger partial charge in [0.2, 0.25) is 0 Å². The Kier molecular flexibility index (Phi) is 11.8. The first-order chi connectivity index (χ1) is 22.8. The normalized spacial score (nSPS) is 20.7. The molecule has 1 aliphatic heterocycles. The van der Waals surface area contributed by atoms with Crippen molar-refractivity contribution >= 4 is 17.7 Å². The standard InChI is InChI=1S/C29H36F2N6O4.C2HF3O2/c1-39-18-22-17-32-35-37(22)13-12-36-11-10-29(19-4-7-25(40-2)26(14-19)41-3)9-8-21(16-27(29)36)34-28(38)33-20-5-6-23(30)24(31)15-20;3-2(4,5)1(6)7/h4-7,14-15,17,21,27H,8-13,16,18H2,1-3H3,(H2,33,34,38);(H,6,7)/t21-,27+,29+;/m1./s1. The molecule has 2 fully saturated rings. The van der Waals surface area contributed by atoms with E-state index >= 15 is 0 Å². The number of carbonyl (C=O) groups excluding carboxylic acids is 1. The highest BCUT2D eigenvalue weighted by Gasteiger charge is 2.51. The third-order valence-electron chi connectivity index (χ3n) is 8.67. The number of carboxylic acid groups (broad SMARTS) is 1. The monoisotopic (exact) mass is 684 g/mol. The fraction of sp³-hybridized carbons (Fsp3) is 0.484. The summed E-state index contributed by atoms with van der Waals surface area (Å²) >= 11 is 0. The highest BCUT2D eigenvalue weighted by molar-refractivity contribution is 5.89. The summed E-state index contributed by atoms with van der Waals surface area (Å²) in [5, 5.41) is 21.1. The number of carboxylic acids is 1. The van der Waals surface area contributed by atoms with Gasteiger partial charge in [0.15, 0.2) is 23.1 Å². The van der Waals surface area contributed by atoms with Gasteiger partial charge in [-0.25, -0.2) is 23.1 Å². The number of anilines is 1. The lowest BCUT2D eigenvalue weighted by molar-refractivity contribution is -0.192. The number of likely N-dealkylation sites (tertiary alicyclic amines) is 1. The van der Waals surface area contributed by atoms with Crippen LogP contribution in [-0.2, 0) is 28.1 Å². The van der Waals surface area contributed by atoms with E-state index in [1.807, 2.05) is 10.7 Å². The molecule has 5 rings (SSSR count). The molecule has 0 bridgehead atoms. The van der Waals surface area contributed by atoms with Crippen molar-refractivity contribution in [1.82, 2.24) is 25.2 Å². The third kappa shape index (κ3) is 8.49. The van der Waals surface area contributed by atoms with Crippen molar-refractivity contribution in [3.05, 3.63) is 65.5 Å². The van der Waals surface area contributed by atoms with Gasteiger partial charge in [0.25, 0.3) is 0 Å². The van der Waals surface area contributed by atoms with Gasteiger partial charge in [-0.15, -0.1) is 5.10 Å². The topological polar surface area (TPSA) is 140 Å². The summed E-state index contributed by atoms with van der Waals surface area (Å²) in [6.45, 7) is 2.74. The van der Waals surface area contributed by atoms with Gasteiger partial charge in [-0.3, -0.25) is 4.90 Å². The van der Waals surface area contributed by atoms with Crippen LogP contribution < -0.4 is 20.1 Å². The van der Waals surface area contributed by atoms with E-state index in [0.717, 1.165) is 56.6 Å². The fourth-order valence-electron chi connectivity index (χ4n) is 6.40. The van der Waals surface area contributed by atoms with Crippen molar-refractivity contribution < 1.29 is 50.9 Å². The number of alkyl halides is 3. The maximum absolute atomic E-state index is 13.6. The van der Waals surface area contributed by atoms with Crippen LogP contribution in [0.4, 0.5) is 32.4 Å². The molecule has 1 aromatic heterocycles. The lowest BCUT2D eigenvalue weighted by Crippen LogP contribution is -2.53. The van der Waals surface area contributed by atoms with E-state index in [1.54, 1.807) is 27.5 Å². The first-order valence-corrected chi connectivity index (χ1v) is 15.0. The number of hydrogen-bond donors (Lipinski definition) is 3. The summed E-state index contributed by atoms with van der Waals surface area (Å²) < 4.78 is 77.0. The van der Waals surface area contributed by atoms with E-state index in [1.165, 1.54) is 11.6 Å². The molecule has 3 aromatic rings. The minimum Gasteiger partial charge on any atom is -0.493 e. The molecule has 1 aliphatic carbocycles. The number of ether oxygens (including phenoxy) is 3. The molecule has 2 heterocycles. The number of urea groups is 1. The first-order valence-electron chi connectivity index (χ1n) is 15.0.